The second-order valence-electron chi connectivity index (χ2n) is 4.18. The largest absolute Gasteiger partial charge is 0.544 e. The summed E-state index contributed by atoms with van der Waals surface area (Å²) >= 11 is 0. The second kappa shape index (κ2) is 6.97. The average Bonchev–Trinajstić information content (AvgIpc) is 2.37. The monoisotopic (exact) mass is 316 g/mol. The van der Waals surface area contributed by atoms with E-state index in [-0.39, 0.29) is 18.0 Å². The average molecular weight is 316 g/mol. The Balaban J connectivity index is 3.24. The van der Waals surface area contributed by atoms with Gasteiger partial charge in [-0.15, -0.1) is 0 Å². The maximum atomic E-state index is 12.9. The normalized spacial score (nSPS) is 12.4. The van der Waals surface area contributed by atoms with Gasteiger partial charge in [-0.1, -0.05) is 12.1 Å². The number of benzene rings is 1. The van der Waals surface area contributed by atoms with Gasteiger partial charge in [0, 0.05) is 5.70 Å². The predicted molar refractivity (Wildman–Crippen MR) is 69.4 cm³/mol. The van der Waals surface area contributed by atoms with E-state index in [1.165, 1.54) is 19.1 Å². The van der Waals surface area contributed by atoms with Crippen LogP contribution in [0.3, 0.4) is 0 Å². The summed E-state index contributed by atoms with van der Waals surface area (Å²) < 4.78 is 43.1. The van der Waals surface area contributed by atoms with Crippen LogP contribution in [0.5, 0.6) is 0 Å². The zero-order chi connectivity index (χ0) is 16.9. The van der Waals surface area contributed by atoms with Crippen molar-refractivity contribution in [2.45, 2.75) is 20.0 Å². The zero-order valence-electron chi connectivity index (χ0n) is 11.8. The van der Waals surface area contributed by atoms with Gasteiger partial charge < -0.3 is 20.0 Å². The van der Waals surface area contributed by atoms with Crippen molar-refractivity contribution in [3.8, 4) is 0 Å². The third-order valence-electron chi connectivity index (χ3n) is 2.61. The highest BCUT2D eigenvalue weighted by Crippen LogP contribution is 2.35. The van der Waals surface area contributed by atoms with E-state index >= 15 is 0 Å². The van der Waals surface area contributed by atoms with Crippen molar-refractivity contribution < 1.29 is 32.6 Å². The van der Waals surface area contributed by atoms with Crippen molar-refractivity contribution in [3.63, 3.8) is 0 Å². The lowest BCUT2D eigenvalue weighted by molar-refractivity contribution is -0.299. The van der Waals surface area contributed by atoms with E-state index in [9.17, 15) is 27.9 Å². The first-order valence-corrected chi connectivity index (χ1v) is 6.21. The molecule has 1 aromatic rings. The highest BCUT2D eigenvalue weighted by molar-refractivity contribution is 6.13. The van der Waals surface area contributed by atoms with Gasteiger partial charge in [-0.05, 0) is 26.0 Å². The molecule has 0 unspecified atom stereocenters. The van der Waals surface area contributed by atoms with Crippen LogP contribution in [0.1, 0.15) is 19.4 Å². The SMILES string of the molecule is CCOC(=O)C(C(=O)[O-])=C(C)Nc1ccccc1C(F)(F)F. The van der Waals surface area contributed by atoms with Crippen molar-refractivity contribution >= 4 is 17.6 Å². The predicted octanol–water partition coefficient (Wildman–Crippen LogP) is 1.70. The van der Waals surface area contributed by atoms with Gasteiger partial charge in [0.25, 0.3) is 0 Å². The maximum Gasteiger partial charge on any atom is 0.418 e. The number of ether oxygens (including phenoxy) is 1. The molecule has 5 nitrogen and oxygen atoms in total. The summed E-state index contributed by atoms with van der Waals surface area (Å²) in [7, 11) is 0. The lowest BCUT2D eigenvalue weighted by Crippen LogP contribution is -2.32. The third-order valence-corrected chi connectivity index (χ3v) is 2.61. The minimum atomic E-state index is -4.63. The lowest BCUT2D eigenvalue weighted by Gasteiger charge is -2.17. The number of halogens is 3. The van der Waals surface area contributed by atoms with Crippen LogP contribution in [0.25, 0.3) is 0 Å². The Morgan fingerprint density at radius 3 is 2.36 bits per heavy atom. The molecule has 8 heteroatoms. The third kappa shape index (κ3) is 4.24. The fourth-order valence-electron chi connectivity index (χ4n) is 1.70. The van der Waals surface area contributed by atoms with Crippen LogP contribution in [0, 0.1) is 0 Å². The molecule has 0 radical (unpaired) electrons. The standard InChI is InChI=1S/C14H14F3NO4/c1-3-22-13(21)11(12(19)20)8(2)18-10-7-5-4-6-9(10)14(15,16)17/h4-7,18H,3H2,1-2H3,(H,19,20)/p-1. The molecule has 1 rings (SSSR count). The number of rotatable bonds is 5. The molecule has 0 spiro atoms. The number of alkyl halides is 3. The van der Waals surface area contributed by atoms with E-state index < -0.39 is 29.3 Å². The first-order valence-electron chi connectivity index (χ1n) is 6.21. The highest BCUT2D eigenvalue weighted by Gasteiger charge is 2.33. The molecule has 0 atom stereocenters. The number of hydrogen-bond donors (Lipinski definition) is 1. The molecular weight excluding hydrogens is 303 g/mol. The molecular formula is C14H13F3NO4-. The molecule has 1 aromatic carbocycles. The van der Waals surface area contributed by atoms with Crippen molar-refractivity contribution in [2.75, 3.05) is 11.9 Å². The summed E-state index contributed by atoms with van der Waals surface area (Å²) in [5.41, 5.74) is -2.54. The van der Waals surface area contributed by atoms with Crippen LogP contribution >= 0.6 is 0 Å². The highest BCUT2D eigenvalue weighted by atomic mass is 19.4. The molecule has 22 heavy (non-hydrogen) atoms. The summed E-state index contributed by atoms with van der Waals surface area (Å²) in [5.74, 6) is -3.02. The van der Waals surface area contributed by atoms with E-state index in [4.69, 9.17) is 0 Å². The number of para-hydroxylation sites is 1. The number of anilines is 1. The summed E-state index contributed by atoms with van der Waals surface area (Å²) in [6, 6.07) is 4.48. The number of allylic oxidation sites excluding steroid dienone is 1. The topological polar surface area (TPSA) is 78.5 Å². The van der Waals surface area contributed by atoms with Gasteiger partial charge in [0.15, 0.2) is 0 Å². The molecule has 0 saturated heterocycles. The molecule has 120 valence electrons. The van der Waals surface area contributed by atoms with Crippen LogP contribution in [0.2, 0.25) is 0 Å². The quantitative estimate of drug-likeness (QED) is 0.387. The number of nitrogens with one attached hydrogen (secondary N) is 1. The number of carboxylic acid groups (broad SMARTS) is 1. The Labute approximate surface area is 124 Å². The van der Waals surface area contributed by atoms with Crippen LogP contribution in [0.15, 0.2) is 35.5 Å². The van der Waals surface area contributed by atoms with Gasteiger partial charge >= 0.3 is 12.1 Å². The first kappa shape index (κ1) is 17.5. The summed E-state index contributed by atoms with van der Waals surface area (Å²) in [5, 5.41) is 13.3. The molecule has 0 bridgehead atoms. The number of carbonyl (C=O) groups excluding carboxylic acids is 2. The Morgan fingerprint density at radius 2 is 1.86 bits per heavy atom. The fraction of sp³-hybridized carbons (Fsp3) is 0.286. The minimum absolute atomic E-state index is 0.0813. The number of esters is 1. The van der Waals surface area contributed by atoms with Gasteiger partial charge in [-0.25, -0.2) is 4.79 Å². The van der Waals surface area contributed by atoms with E-state index in [0.29, 0.717) is 0 Å². The summed E-state index contributed by atoms with van der Waals surface area (Å²) in [6.45, 7) is 2.53. The summed E-state index contributed by atoms with van der Waals surface area (Å²) in [6.07, 6.45) is -4.63. The van der Waals surface area contributed by atoms with E-state index in [1.54, 1.807) is 0 Å². The zero-order valence-corrected chi connectivity index (χ0v) is 11.8. The van der Waals surface area contributed by atoms with Gasteiger partial charge in [-0.3, -0.25) is 0 Å². The second-order valence-corrected chi connectivity index (χ2v) is 4.18. The minimum Gasteiger partial charge on any atom is -0.544 e. The first-order chi connectivity index (χ1) is 10.2. The van der Waals surface area contributed by atoms with Crippen LogP contribution in [0.4, 0.5) is 18.9 Å². The molecule has 0 amide bonds. The Bertz CT molecular complexity index is 608. The Kier molecular flexibility index (Phi) is 5.56. The lowest BCUT2D eigenvalue weighted by atomic mass is 10.1. The molecule has 0 fully saturated rings. The molecule has 0 aliphatic rings. The molecule has 0 aliphatic carbocycles. The Morgan fingerprint density at radius 1 is 1.27 bits per heavy atom. The number of hydrogen-bond acceptors (Lipinski definition) is 5. The summed E-state index contributed by atoms with van der Waals surface area (Å²) in [4.78, 5) is 22.5. The van der Waals surface area contributed by atoms with Gasteiger partial charge in [0.2, 0.25) is 0 Å². The molecule has 0 saturated carbocycles. The van der Waals surface area contributed by atoms with Crippen molar-refractivity contribution in [1.82, 2.24) is 0 Å². The fourth-order valence-corrected chi connectivity index (χ4v) is 1.70. The van der Waals surface area contributed by atoms with Crippen molar-refractivity contribution in [2.24, 2.45) is 0 Å². The van der Waals surface area contributed by atoms with Crippen LogP contribution in [-0.4, -0.2) is 18.5 Å². The Hall–Kier alpha value is -2.51. The van der Waals surface area contributed by atoms with Crippen molar-refractivity contribution in [3.05, 3.63) is 41.1 Å². The smallest absolute Gasteiger partial charge is 0.418 e. The number of aliphatic carboxylic acids is 1. The van der Waals surface area contributed by atoms with Gasteiger partial charge in [0.05, 0.1) is 23.8 Å². The van der Waals surface area contributed by atoms with Crippen LogP contribution < -0.4 is 10.4 Å². The van der Waals surface area contributed by atoms with Crippen LogP contribution in [-0.2, 0) is 20.5 Å². The van der Waals surface area contributed by atoms with E-state index in [2.05, 4.69) is 10.1 Å². The van der Waals surface area contributed by atoms with E-state index in [0.717, 1.165) is 19.1 Å². The molecule has 0 heterocycles. The number of carbonyl (C=O) groups is 2. The molecule has 1 N–H and O–H groups in total. The number of carboxylic acids is 1. The van der Waals surface area contributed by atoms with Gasteiger partial charge in [-0.2, -0.15) is 13.2 Å². The van der Waals surface area contributed by atoms with E-state index in [1.807, 2.05) is 0 Å². The molecule has 0 aliphatic heterocycles. The molecule has 0 aromatic heterocycles. The maximum absolute atomic E-state index is 12.9. The van der Waals surface area contributed by atoms with Crippen molar-refractivity contribution in [1.29, 1.82) is 0 Å². The van der Waals surface area contributed by atoms with Gasteiger partial charge in [0.1, 0.15) is 5.57 Å².